The smallest absolute Gasteiger partial charge is 0.224 e. The van der Waals surface area contributed by atoms with E-state index in [0.717, 1.165) is 38.4 Å². The Morgan fingerprint density at radius 1 is 1.32 bits per heavy atom. The van der Waals surface area contributed by atoms with Crippen LogP contribution in [0.3, 0.4) is 0 Å². The van der Waals surface area contributed by atoms with Crippen LogP contribution in [0.25, 0.3) is 0 Å². The molecule has 0 unspecified atom stereocenters. The van der Waals surface area contributed by atoms with Gasteiger partial charge < -0.3 is 10.1 Å². The van der Waals surface area contributed by atoms with E-state index in [4.69, 9.17) is 16.3 Å². The summed E-state index contributed by atoms with van der Waals surface area (Å²) in [5.74, 6) is 0.0151. The molecular weight excluding hydrogens is 264 g/mol. The Balaban J connectivity index is 1.68. The van der Waals surface area contributed by atoms with Crippen molar-refractivity contribution in [3.05, 3.63) is 34.9 Å². The number of ether oxygens (including phenoxy) is 1. The van der Waals surface area contributed by atoms with E-state index in [1.165, 1.54) is 0 Å². The van der Waals surface area contributed by atoms with Gasteiger partial charge in [-0.05, 0) is 11.6 Å². The van der Waals surface area contributed by atoms with Crippen LogP contribution in [0.15, 0.2) is 24.3 Å². The summed E-state index contributed by atoms with van der Waals surface area (Å²) < 4.78 is 5.28. The minimum absolute atomic E-state index is 0.0151. The summed E-state index contributed by atoms with van der Waals surface area (Å²) >= 11 is 6.02. The summed E-state index contributed by atoms with van der Waals surface area (Å²) in [6.07, 6.45) is 0.336. The number of carbonyl (C=O) groups excluding carboxylic acids is 1. The number of rotatable bonds is 5. The van der Waals surface area contributed by atoms with Gasteiger partial charge in [0.15, 0.2) is 0 Å². The van der Waals surface area contributed by atoms with Crippen LogP contribution < -0.4 is 5.32 Å². The van der Waals surface area contributed by atoms with Crippen molar-refractivity contribution in [2.75, 3.05) is 39.4 Å². The Labute approximate surface area is 118 Å². The van der Waals surface area contributed by atoms with Gasteiger partial charge in [-0.15, -0.1) is 0 Å². The molecule has 0 aromatic heterocycles. The molecular formula is C14H19ClN2O2. The second-order valence-corrected chi connectivity index (χ2v) is 4.98. The van der Waals surface area contributed by atoms with Crippen molar-refractivity contribution in [1.82, 2.24) is 10.2 Å². The molecule has 1 saturated heterocycles. The molecule has 0 bridgehead atoms. The first kappa shape index (κ1) is 14.3. The Bertz CT molecular complexity index is 420. The largest absolute Gasteiger partial charge is 0.379 e. The van der Waals surface area contributed by atoms with Crippen LogP contribution in [-0.4, -0.2) is 50.2 Å². The number of hydrogen-bond donors (Lipinski definition) is 1. The van der Waals surface area contributed by atoms with E-state index in [0.29, 0.717) is 18.0 Å². The SMILES string of the molecule is O=C(Cc1ccccc1Cl)NCCN1CCOCC1. The van der Waals surface area contributed by atoms with Gasteiger partial charge in [0.2, 0.25) is 5.91 Å². The standard InChI is InChI=1S/C14H19ClN2O2/c15-13-4-2-1-3-12(13)11-14(18)16-5-6-17-7-9-19-10-8-17/h1-4H,5-11H2,(H,16,18). The highest BCUT2D eigenvalue weighted by Crippen LogP contribution is 2.15. The van der Waals surface area contributed by atoms with Crippen LogP contribution in [0, 0.1) is 0 Å². The molecule has 1 amide bonds. The predicted molar refractivity (Wildman–Crippen MR) is 75.4 cm³/mol. The van der Waals surface area contributed by atoms with Crippen molar-refractivity contribution in [3.8, 4) is 0 Å². The number of hydrogen-bond acceptors (Lipinski definition) is 3. The normalized spacial score (nSPS) is 16.3. The molecule has 1 aliphatic heterocycles. The summed E-state index contributed by atoms with van der Waals surface area (Å²) in [7, 11) is 0. The van der Waals surface area contributed by atoms with Crippen molar-refractivity contribution in [3.63, 3.8) is 0 Å². The first-order chi connectivity index (χ1) is 9.25. The number of benzene rings is 1. The van der Waals surface area contributed by atoms with Gasteiger partial charge in [-0.2, -0.15) is 0 Å². The van der Waals surface area contributed by atoms with Crippen molar-refractivity contribution in [1.29, 1.82) is 0 Å². The molecule has 0 spiro atoms. The maximum absolute atomic E-state index is 11.8. The van der Waals surface area contributed by atoms with Gasteiger partial charge in [0, 0.05) is 31.2 Å². The fourth-order valence-electron chi connectivity index (χ4n) is 2.06. The van der Waals surface area contributed by atoms with Gasteiger partial charge in [0.1, 0.15) is 0 Å². The topological polar surface area (TPSA) is 41.6 Å². The lowest BCUT2D eigenvalue weighted by molar-refractivity contribution is -0.120. The van der Waals surface area contributed by atoms with Gasteiger partial charge in [0.05, 0.1) is 19.6 Å². The maximum atomic E-state index is 11.8. The van der Waals surface area contributed by atoms with Gasteiger partial charge in [-0.3, -0.25) is 9.69 Å². The van der Waals surface area contributed by atoms with Crippen LogP contribution in [0.2, 0.25) is 5.02 Å². The average molecular weight is 283 g/mol. The highest BCUT2D eigenvalue weighted by Gasteiger charge is 2.10. The number of morpholine rings is 1. The zero-order chi connectivity index (χ0) is 13.5. The molecule has 0 radical (unpaired) electrons. The first-order valence-electron chi connectivity index (χ1n) is 6.56. The number of nitrogens with one attached hydrogen (secondary N) is 1. The quantitative estimate of drug-likeness (QED) is 0.886. The number of halogens is 1. The second-order valence-electron chi connectivity index (χ2n) is 4.57. The van der Waals surface area contributed by atoms with Crippen LogP contribution in [-0.2, 0) is 16.0 Å². The molecule has 0 saturated carbocycles. The van der Waals surface area contributed by atoms with Crippen LogP contribution in [0.4, 0.5) is 0 Å². The Morgan fingerprint density at radius 3 is 2.79 bits per heavy atom. The maximum Gasteiger partial charge on any atom is 0.224 e. The van der Waals surface area contributed by atoms with E-state index in [2.05, 4.69) is 10.2 Å². The van der Waals surface area contributed by atoms with E-state index in [1.54, 1.807) is 6.07 Å². The third-order valence-electron chi connectivity index (χ3n) is 3.16. The molecule has 0 aliphatic carbocycles. The van der Waals surface area contributed by atoms with Gasteiger partial charge in [-0.1, -0.05) is 29.8 Å². The lowest BCUT2D eigenvalue weighted by atomic mass is 10.1. The fraction of sp³-hybridized carbons (Fsp3) is 0.500. The number of amides is 1. The summed E-state index contributed by atoms with van der Waals surface area (Å²) in [4.78, 5) is 14.1. The zero-order valence-corrected chi connectivity index (χ0v) is 11.7. The summed E-state index contributed by atoms with van der Waals surface area (Å²) in [5, 5.41) is 3.57. The third-order valence-corrected chi connectivity index (χ3v) is 3.53. The lowest BCUT2D eigenvalue weighted by Crippen LogP contribution is -2.41. The van der Waals surface area contributed by atoms with Gasteiger partial charge >= 0.3 is 0 Å². The van der Waals surface area contributed by atoms with Crippen LogP contribution in [0.1, 0.15) is 5.56 Å². The van der Waals surface area contributed by atoms with Crippen molar-refractivity contribution in [2.24, 2.45) is 0 Å². The zero-order valence-electron chi connectivity index (χ0n) is 10.9. The van der Waals surface area contributed by atoms with Gasteiger partial charge in [-0.25, -0.2) is 0 Å². The summed E-state index contributed by atoms with van der Waals surface area (Å²) in [6, 6.07) is 7.44. The molecule has 5 heteroatoms. The van der Waals surface area contributed by atoms with Gasteiger partial charge in [0.25, 0.3) is 0 Å². The minimum Gasteiger partial charge on any atom is -0.379 e. The predicted octanol–water partition coefficient (Wildman–Crippen LogP) is 1.33. The third kappa shape index (κ3) is 4.82. The molecule has 0 atom stereocenters. The molecule has 4 nitrogen and oxygen atoms in total. The molecule has 1 fully saturated rings. The van der Waals surface area contributed by atoms with Crippen LogP contribution in [0.5, 0.6) is 0 Å². The van der Waals surface area contributed by atoms with E-state index in [-0.39, 0.29) is 5.91 Å². The molecule has 1 aromatic rings. The average Bonchev–Trinajstić information content (AvgIpc) is 2.43. The van der Waals surface area contributed by atoms with E-state index in [1.807, 2.05) is 18.2 Å². The Hall–Kier alpha value is -1.10. The van der Waals surface area contributed by atoms with Crippen LogP contribution >= 0.6 is 11.6 Å². The highest BCUT2D eigenvalue weighted by molar-refractivity contribution is 6.31. The molecule has 1 heterocycles. The van der Waals surface area contributed by atoms with Crippen molar-refractivity contribution >= 4 is 17.5 Å². The molecule has 1 aliphatic rings. The highest BCUT2D eigenvalue weighted by atomic mass is 35.5. The Kier molecular flexibility index (Phi) is 5.63. The Morgan fingerprint density at radius 2 is 2.05 bits per heavy atom. The fourth-order valence-corrected chi connectivity index (χ4v) is 2.26. The monoisotopic (exact) mass is 282 g/mol. The molecule has 19 heavy (non-hydrogen) atoms. The van der Waals surface area contributed by atoms with E-state index >= 15 is 0 Å². The molecule has 1 N–H and O–H groups in total. The first-order valence-corrected chi connectivity index (χ1v) is 6.94. The molecule has 104 valence electrons. The second kappa shape index (κ2) is 7.48. The van der Waals surface area contributed by atoms with E-state index < -0.39 is 0 Å². The number of nitrogens with zero attached hydrogens (tertiary/aromatic N) is 1. The summed E-state index contributed by atoms with van der Waals surface area (Å²) in [6.45, 7) is 5.00. The summed E-state index contributed by atoms with van der Waals surface area (Å²) in [5.41, 5.74) is 0.869. The van der Waals surface area contributed by atoms with E-state index in [9.17, 15) is 4.79 Å². The van der Waals surface area contributed by atoms with Crippen molar-refractivity contribution < 1.29 is 9.53 Å². The molecule has 1 aromatic carbocycles. The van der Waals surface area contributed by atoms with Crippen molar-refractivity contribution in [2.45, 2.75) is 6.42 Å². The lowest BCUT2D eigenvalue weighted by Gasteiger charge is -2.26. The molecule has 2 rings (SSSR count). The minimum atomic E-state index is 0.0151. The number of carbonyl (C=O) groups is 1.